The highest BCUT2D eigenvalue weighted by Crippen LogP contribution is 2.47. The number of thiol groups is 1. The number of hydrogen-bond acceptors (Lipinski definition) is 4. The molecule has 1 rings (SSSR count). The highest BCUT2D eigenvalue weighted by Gasteiger charge is 2.31. The molecule has 1 aromatic carbocycles. The second kappa shape index (κ2) is 13.4. The number of benzene rings is 1. The van der Waals surface area contributed by atoms with E-state index >= 15 is 0 Å². The highest BCUT2D eigenvalue weighted by molar-refractivity contribution is 8.68. The van der Waals surface area contributed by atoms with Crippen molar-refractivity contribution in [3.8, 4) is 0 Å². The molecule has 0 saturated heterocycles. The van der Waals surface area contributed by atoms with E-state index in [0.29, 0.717) is 5.56 Å². The van der Waals surface area contributed by atoms with Gasteiger partial charge in [0.05, 0.1) is 4.92 Å². The van der Waals surface area contributed by atoms with Crippen molar-refractivity contribution in [3.05, 3.63) is 39.4 Å². The number of alkyl halides is 3. The summed E-state index contributed by atoms with van der Waals surface area (Å²) in [6.45, 7) is 2.23. The maximum absolute atomic E-state index is 11.0. The average molecular weight is 473 g/mol. The van der Waals surface area contributed by atoms with E-state index in [4.69, 9.17) is 34.8 Å². The lowest BCUT2D eigenvalue weighted by Gasteiger charge is -2.22. The fraction of sp³-hybridized carbons (Fsp3) is 0.684. The van der Waals surface area contributed by atoms with E-state index in [-0.39, 0.29) is 10.9 Å². The van der Waals surface area contributed by atoms with Gasteiger partial charge in [0.25, 0.3) is 5.69 Å². The molecule has 1 aromatic rings. The topological polar surface area (TPSA) is 43.1 Å². The zero-order valence-electron chi connectivity index (χ0n) is 15.6. The first-order valence-electron chi connectivity index (χ1n) is 9.47. The van der Waals surface area contributed by atoms with Crippen LogP contribution in [-0.4, -0.2) is 4.92 Å². The molecule has 1 unspecified atom stereocenters. The average Bonchev–Trinajstić information content (AvgIpc) is 2.62. The predicted octanol–water partition coefficient (Wildman–Crippen LogP) is 8.96. The second-order valence-corrected chi connectivity index (χ2v) is 10.4. The number of nitrogens with zero attached hydrogens (tertiary/aromatic N) is 1. The Hall–Kier alpha value is 0.190. The van der Waals surface area contributed by atoms with Crippen LogP contribution in [0.3, 0.4) is 0 Å². The number of hydrogen-bond donors (Lipinski definition) is 1. The van der Waals surface area contributed by atoms with Crippen molar-refractivity contribution in [3.63, 3.8) is 0 Å². The van der Waals surface area contributed by atoms with E-state index in [1.54, 1.807) is 6.07 Å². The minimum absolute atomic E-state index is 0.0318. The van der Waals surface area contributed by atoms with Crippen molar-refractivity contribution >= 4 is 62.9 Å². The quantitative estimate of drug-likeness (QED) is 0.0777. The van der Waals surface area contributed by atoms with Gasteiger partial charge in [0.1, 0.15) is 0 Å². The molecule has 1 atom stereocenters. The first-order chi connectivity index (χ1) is 12.8. The Morgan fingerprint density at radius 1 is 1.07 bits per heavy atom. The Balaban J connectivity index is 2.59. The van der Waals surface area contributed by atoms with Gasteiger partial charge in [0.15, 0.2) is 0 Å². The lowest BCUT2D eigenvalue weighted by Crippen LogP contribution is -2.08. The van der Waals surface area contributed by atoms with Gasteiger partial charge in [0.2, 0.25) is 3.79 Å². The van der Waals surface area contributed by atoms with Gasteiger partial charge in [-0.05, 0) is 12.0 Å². The molecule has 3 nitrogen and oxygen atoms in total. The van der Waals surface area contributed by atoms with E-state index < -0.39 is 8.72 Å². The fourth-order valence-electron chi connectivity index (χ4n) is 3.09. The molecule has 0 amide bonds. The molecule has 0 radical (unpaired) electrons. The van der Waals surface area contributed by atoms with Crippen LogP contribution in [0.15, 0.2) is 18.2 Å². The van der Waals surface area contributed by atoms with Gasteiger partial charge in [-0.3, -0.25) is 10.1 Å². The molecule has 0 aliphatic rings. The molecule has 27 heavy (non-hydrogen) atoms. The van der Waals surface area contributed by atoms with Crippen molar-refractivity contribution in [1.82, 2.24) is 0 Å². The molecule has 0 saturated carbocycles. The zero-order valence-corrected chi connectivity index (χ0v) is 19.6. The maximum Gasteiger partial charge on any atom is 0.269 e. The van der Waals surface area contributed by atoms with E-state index in [0.717, 1.165) is 24.8 Å². The van der Waals surface area contributed by atoms with Crippen LogP contribution in [0.2, 0.25) is 0 Å². The summed E-state index contributed by atoms with van der Waals surface area (Å²) in [4.78, 5) is 10.6. The van der Waals surface area contributed by atoms with Crippen LogP contribution in [0.1, 0.15) is 87.5 Å². The van der Waals surface area contributed by atoms with Crippen molar-refractivity contribution in [2.45, 2.75) is 80.2 Å². The zero-order chi connectivity index (χ0) is 20.3. The van der Waals surface area contributed by atoms with Crippen molar-refractivity contribution < 1.29 is 4.92 Å². The van der Waals surface area contributed by atoms with Crippen LogP contribution in [0.4, 0.5) is 5.69 Å². The normalized spacial score (nSPS) is 12.9. The van der Waals surface area contributed by atoms with Crippen LogP contribution in [0.25, 0.3) is 0 Å². The molecule has 0 aromatic heterocycles. The van der Waals surface area contributed by atoms with Crippen LogP contribution in [0.5, 0.6) is 0 Å². The molecule has 0 N–H and O–H groups in total. The minimum atomic E-state index is -1.71. The smallest absolute Gasteiger partial charge is 0.258 e. The van der Waals surface area contributed by atoms with Gasteiger partial charge in [-0.1, -0.05) is 116 Å². The van der Waals surface area contributed by atoms with Gasteiger partial charge < -0.3 is 0 Å². The van der Waals surface area contributed by atoms with Gasteiger partial charge in [-0.25, -0.2) is 0 Å². The summed E-state index contributed by atoms with van der Waals surface area (Å²) in [5, 5.41) is 11.1. The number of halogens is 3. The van der Waals surface area contributed by atoms with Crippen LogP contribution in [0, 0.1) is 10.1 Å². The highest BCUT2D eigenvalue weighted by atomic mass is 35.6. The third-order valence-corrected chi connectivity index (χ3v) is 6.72. The summed E-state index contributed by atoms with van der Waals surface area (Å²) in [6.07, 6.45) is 12.2. The van der Waals surface area contributed by atoms with Crippen LogP contribution in [-0.2, 0) is 3.79 Å². The summed E-state index contributed by atoms with van der Waals surface area (Å²) in [5.74, 6) is 0. The SMILES string of the molecule is CCCCCCCCCCCC(SS)c1ccc([N+](=O)[O-])cc1C(Cl)(Cl)Cl. The molecule has 0 spiro atoms. The number of unbranched alkanes of at least 4 members (excludes halogenated alkanes) is 8. The summed E-state index contributed by atoms with van der Waals surface area (Å²) < 4.78 is -1.71. The van der Waals surface area contributed by atoms with Crippen molar-refractivity contribution in [2.24, 2.45) is 0 Å². The molecule has 0 fully saturated rings. The van der Waals surface area contributed by atoms with E-state index in [9.17, 15) is 10.1 Å². The molecule has 0 heterocycles. The molecule has 0 bridgehead atoms. The molecule has 0 aliphatic heterocycles. The van der Waals surface area contributed by atoms with Crippen molar-refractivity contribution in [1.29, 1.82) is 0 Å². The molecule has 0 aliphatic carbocycles. The van der Waals surface area contributed by atoms with Gasteiger partial charge >= 0.3 is 0 Å². The summed E-state index contributed by atoms with van der Waals surface area (Å²) >= 11 is 22.6. The van der Waals surface area contributed by atoms with Gasteiger partial charge in [0, 0.05) is 22.9 Å². The van der Waals surface area contributed by atoms with Crippen LogP contribution >= 0.6 is 57.3 Å². The van der Waals surface area contributed by atoms with E-state index in [2.05, 4.69) is 18.6 Å². The lowest BCUT2D eigenvalue weighted by atomic mass is 9.99. The Labute approximate surface area is 186 Å². The number of nitro benzene ring substituents is 1. The summed E-state index contributed by atoms with van der Waals surface area (Å²) in [6, 6.07) is 4.51. The first-order valence-corrected chi connectivity index (χ1v) is 12.5. The number of rotatable bonds is 13. The first kappa shape index (κ1) is 25.2. The Kier molecular flexibility index (Phi) is 12.5. The largest absolute Gasteiger partial charge is 0.269 e. The standard InChI is InChI=1S/C19H28Cl3NO2S2/c1-2-3-4-5-6-7-8-9-10-11-18(27-26)16-13-12-15(23(24)25)14-17(16)19(20,21)22/h12-14,18,26H,2-11H2,1H3. The third-order valence-electron chi connectivity index (χ3n) is 4.60. The number of non-ortho nitro benzene ring substituents is 1. The summed E-state index contributed by atoms with van der Waals surface area (Å²) in [5.41, 5.74) is 1.09. The Bertz CT molecular complexity index is 583. The molecular formula is C19H28Cl3NO2S2. The van der Waals surface area contributed by atoms with Crippen LogP contribution < -0.4 is 0 Å². The Morgan fingerprint density at radius 3 is 2.11 bits per heavy atom. The maximum atomic E-state index is 11.0. The molecular weight excluding hydrogens is 445 g/mol. The molecule has 8 heteroatoms. The van der Waals surface area contributed by atoms with Gasteiger partial charge in [-0.2, -0.15) is 0 Å². The minimum Gasteiger partial charge on any atom is -0.258 e. The number of nitro groups is 1. The third kappa shape index (κ3) is 9.49. The monoisotopic (exact) mass is 471 g/mol. The van der Waals surface area contributed by atoms with E-state index in [1.165, 1.54) is 67.9 Å². The molecule has 154 valence electrons. The second-order valence-electron chi connectivity index (χ2n) is 6.74. The Morgan fingerprint density at radius 2 is 1.63 bits per heavy atom. The van der Waals surface area contributed by atoms with E-state index in [1.807, 2.05) is 0 Å². The van der Waals surface area contributed by atoms with Crippen molar-refractivity contribution in [2.75, 3.05) is 0 Å². The predicted molar refractivity (Wildman–Crippen MR) is 123 cm³/mol. The van der Waals surface area contributed by atoms with Gasteiger partial charge in [-0.15, -0.1) is 11.7 Å². The fourth-order valence-corrected chi connectivity index (χ4v) is 4.83. The lowest BCUT2D eigenvalue weighted by molar-refractivity contribution is -0.384. The summed E-state index contributed by atoms with van der Waals surface area (Å²) in [7, 11) is 1.39.